The highest BCUT2D eigenvalue weighted by Crippen LogP contribution is 2.29. The van der Waals surface area contributed by atoms with Crippen LogP contribution in [0.15, 0.2) is 42.5 Å². The number of likely N-dealkylation sites (tertiary alicyclic amines) is 1. The molecule has 0 bridgehead atoms. The molecule has 4 amide bonds. The second-order valence-electron chi connectivity index (χ2n) is 7.27. The predicted molar refractivity (Wildman–Crippen MR) is 116 cm³/mol. The van der Waals surface area contributed by atoms with Crippen molar-refractivity contribution in [3.63, 3.8) is 0 Å². The molecule has 0 saturated carbocycles. The lowest BCUT2D eigenvalue weighted by Gasteiger charge is -2.32. The van der Waals surface area contributed by atoms with E-state index in [9.17, 15) is 14.0 Å². The number of benzene rings is 2. The Balaban J connectivity index is 1.41. The van der Waals surface area contributed by atoms with Crippen molar-refractivity contribution in [1.82, 2.24) is 10.2 Å². The first-order valence-corrected chi connectivity index (χ1v) is 10.1. The number of urea groups is 2. The third-order valence-corrected chi connectivity index (χ3v) is 5.21. The van der Waals surface area contributed by atoms with E-state index in [0.717, 1.165) is 12.8 Å². The van der Waals surface area contributed by atoms with Crippen LogP contribution in [0, 0.1) is 11.7 Å². The number of hydrogen-bond donors (Lipinski definition) is 3. The summed E-state index contributed by atoms with van der Waals surface area (Å²) in [4.78, 5) is 26.3. The predicted octanol–water partition coefficient (Wildman–Crippen LogP) is 3.91. The average molecular weight is 430 g/mol. The first-order chi connectivity index (χ1) is 15.0. The molecule has 1 heterocycles. The summed E-state index contributed by atoms with van der Waals surface area (Å²) in [6.45, 7) is 1.69. The van der Waals surface area contributed by atoms with Crippen LogP contribution in [0.4, 0.5) is 25.4 Å². The fourth-order valence-electron chi connectivity index (χ4n) is 3.38. The van der Waals surface area contributed by atoms with Gasteiger partial charge in [0.1, 0.15) is 17.3 Å². The van der Waals surface area contributed by atoms with Gasteiger partial charge in [-0.3, -0.25) is 0 Å². The molecule has 3 rings (SSSR count). The van der Waals surface area contributed by atoms with Gasteiger partial charge in [-0.2, -0.15) is 0 Å². The van der Waals surface area contributed by atoms with E-state index in [2.05, 4.69) is 16.0 Å². The summed E-state index contributed by atoms with van der Waals surface area (Å²) in [5.41, 5.74) is 1.11. The van der Waals surface area contributed by atoms with Gasteiger partial charge in [-0.25, -0.2) is 14.0 Å². The van der Waals surface area contributed by atoms with E-state index in [1.165, 1.54) is 31.4 Å². The van der Waals surface area contributed by atoms with Crippen molar-refractivity contribution < 1.29 is 23.5 Å². The Morgan fingerprint density at radius 1 is 1.03 bits per heavy atom. The van der Waals surface area contributed by atoms with E-state index in [0.29, 0.717) is 42.5 Å². The van der Waals surface area contributed by atoms with Crippen LogP contribution >= 0.6 is 0 Å². The molecule has 8 nitrogen and oxygen atoms in total. The van der Waals surface area contributed by atoms with Crippen LogP contribution in [0.5, 0.6) is 11.5 Å². The monoisotopic (exact) mass is 430 g/mol. The minimum Gasteiger partial charge on any atom is -0.497 e. The molecule has 1 aliphatic heterocycles. The van der Waals surface area contributed by atoms with Crippen molar-refractivity contribution in [3.8, 4) is 11.5 Å². The molecule has 0 aromatic heterocycles. The Bertz CT molecular complexity index is 899. The summed E-state index contributed by atoms with van der Waals surface area (Å²) in [6.07, 6.45) is 1.56. The zero-order chi connectivity index (χ0) is 22.2. The fraction of sp³-hybridized carbons (Fsp3) is 0.364. The van der Waals surface area contributed by atoms with Gasteiger partial charge in [0, 0.05) is 31.4 Å². The van der Waals surface area contributed by atoms with E-state index in [1.54, 1.807) is 30.2 Å². The maximum Gasteiger partial charge on any atom is 0.321 e. The highest BCUT2D eigenvalue weighted by molar-refractivity contribution is 5.91. The fourth-order valence-corrected chi connectivity index (χ4v) is 3.38. The first kappa shape index (κ1) is 22.2. The maximum absolute atomic E-state index is 13.0. The Hall–Kier alpha value is -3.49. The van der Waals surface area contributed by atoms with Gasteiger partial charge >= 0.3 is 12.1 Å². The number of hydrogen-bond acceptors (Lipinski definition) is 4. The minimum absolute atomic E-state index is 0.206. The summed E-state index contributed by atoms with van der Waals surface area (Å²) in [5, 5.41) is 8.43. The second kappa shape index (κ2) is 10.5. The average Bonchev–Trinajstić information content (AvgIpc) is 2.79. The smallest absolute Gasteiger partial charge is 0.321 e. The quantitative estimate of drug-likeness (QED) is 0.648. The van der Waals surface area contributed by atoms with Gasteiger partial charge in [0.05, 0.1) is 19.9 Å². The van der Waals surface area contributed by atoms with Gasteiger partial charge in [-0.05, 0) is 55.2 Å². The van der Waals surface area contributed by atoms with Crippen molar-refractivity contribution in [2.24, 2.45) is 5.92 Å². The van der Waals surface area contributed by atoms with Crippen molar-refractivity contribution in [2.45, 2.75) is 12.8 Å². The van der Waals surface area contributed by atoms with Gasteiger partial charge < -0.3 is 30.3 Å². The van der Waals surface area contributed by atoms with E-state index < -0.39 is 0 Å². The number of halogens is 1. The lowest BCUT2D eigenvalue weighted by Crippen LogP contribution is -2.43. The van der Waals surface area contributed by atoms with Crippen molar-refractivity contribution in [2.75, 3.05) is 44.5 Å². The topological polar surface area (TPSA) is 91.9 Å². The molecular formula is C22H27FN4O4. The van der Waals surface area contributed by atoms with Gasteiger partial charge in [-0.15, -0.1) is 0 Å². The van der Waals surface area contributed by atoms with E-state index in [4.69, 9.17) is 9.47 Å². The Kier molecular flexibility index (Phi) is 7.53. The lowest BCUT2D eigenvalue weighted by atomic mass is 9.97. The molecule has 2 aromatic carbocycles. The van der Waals surface area contributed by atoms with Crippen molar-refractivity contribution in [3.05, 3.63) is 48.3 Å². The number of ether oxygens (including phenoxy) is 2. The van der Waals surface area contributed by atoms with Crippen LogP contribution in [-0.4, -0.2) is 50.8 Å². The number of carbonyl (C=O) groups is 2. The number of nitrogens with one attached hydrogen (secondary N) is 3. The van der Waals surface area contributed by atoms with Gasteiger partial charge in [0.2, 0.25) is 0 Å². The second-order valence-corrected chi connectivity index (χ2v) is 7.27. The number of piperidine rings is 1. The molecule has 166 valence electrons. The normalized spacial score (nSPS) is 14.0. The molecule has 31 heavy (non-hydrogen) atoms. The molecule has 0 unspecified atom stereocenters. The standard InChI is InChI=1S/C22H27FN4O4/c1-30-18-7-8-19(20(13-18)31-2)26-21(28)24-14-15-9-11-27(12-10-15)22(29)25-17-5-3-16(23)4-6-17/h3-8,13,15H,9-12,14H2,1-2H3,(H,25,29)(H2,24,26,28). The summed E-state index contributed by atoms with van der Waals surface area (Å²) in [5.74, 6) is 1.08. The van der Waals surface area contributed by atoms with Crippen molar-refractivity contribution in [1.29, 1.82) is 0 Å². The van der Waals surface area contributed by atoms with Gasteiger partial charge in [0.15, 0.2) is 0 Å². The number of anilines is 2. The first-order valence-electron chi connectivity index (χ1n) is 10.1. The molecular weight excluding hydrogens is 403 g/mol. The number of methoxy groups -OCH3 is 2. The molecule has 1 saturated heterocycles. The van der Waals surface area contributed by atoms with E-state index in [-0.39, 0.29) is 23.8 Å². The molecule has 9 heteroatoms. The molecule has 1 aliphatic rings. The highest BCUT2D eigenvalue weighted by Gasteiger charge is 2.23. The third-order valence-electron chi connectivity index (χ3n) is 5.21. The lowest BCUT2D eigenvalue weighted by molar-refractivity contribution is 0.181. The van der Waals surface area contributed by atoms with Gasteiger partial charge in [-0.1, -0.05) is 0 Å². The van der Waals surface area contributed by atoms with E-state index in [1.807, 2.05) is 0 Å². The molecule has 1 fully saturated rings. The molecule has 0 radical (unpaired) electrons. The molecule has 0 spiro atoms. The number of amides is 4. The summed E-state index contributed by atoms with van der Waals surface area (Å²) in [7, 11) is 3.09. The highest BCUT2D eigenvalue weighted by atomic mass is 19.1. The van der Waals surface area contributed by atoms with Crippen LogP contribution in [0.2, 0.25) is 0 Å². The summed E-state index contributed by atoms with van der Waals surface area (Å²) < 4.78 is 23.4. The summed E-state index contributed by atoms with van der Waals surface area (Å²) in [6, 6.07) is 10.3. The van der Waals surface area contributed by atoms with Crippen LogP contribution in [-0.2, 0) is 0 Å². The van der Waals surface area contributed by atoms with Crippen LogP contribution < -0.4 is 25.4 Å². The number of rotatable bonds is 6. The third kappa shape index (κ3) is 6.24. The SMILES string of the molecule is COc1ccc(NC(=O)NCC2CCN(C(=O)Nc3ccc(F)cc3)CC2)c(OC)c1. The Morgan fingerprint density at radius 3 is 2.39 bits per heavy atom. The number of carbonyl (C=O) groups excluding carboxylic acids is 2. The van der Waals surface area contributed by atoms with Crippen LogP contribution in [0.1, 0.15) is 12.8 Å². The van der Waals surface area contributed by atoms with Crippen molar-refractivity contribution >= 4 is 23.4 Å². The minimum atomic E-state index is -0.346. The van der Waals surface area contributed by atoms with Crippen LogP contribution in [0.25, 0.3) is 0 Å². The summed E-state index contributed by atoms with van der Waals surface area (Å²) >= 11 is 0. The van der Waals surface area contributed by atoms with E-state index >= 15 is 0 Å². The Morgan fingerprint density at radius 2 is 1.74 bits per heavy atom. The zero-order valence-electron chi connectivity index (χ0n) is 17.6. The van der Waals surface area contributed by atoms with Crippen LogP contribution in [0.3, 0.4) is 0 Å². The maximum atomic E-state index is 13.0. The Labute approximate surface area is 180 Å². The zero-order valence-corrected chi connectivity index (χ0v) is 17.6. The largest absolute Gasteiger partial charge is 0.497 e. The van der Waals surface area contributed by atoms with Gasteiger partial charge in [0.25, 0.3) is 0 Å². The molecule has 0 atom stereocenters. The molecule has 2 aromatic rings. The number of nitrogens with zero attached hydrogens (tertiary/aromatic N) is 1. The molecule has 0 aliphatic carbocycles. The molecule has 3 N–H and O–H groups in total.